The molecule has 0 fully saturated rings. The lowest BCUT2D eigenvalue weighted by atomic mass is 10.0. The van der Waals surface area contributed by atoms with Crippen molar-refractivity contribution in [1.29, 1.82) is 0 Å². The molecule has 0 aliphatic carbocycles. The van der Waals surface area contributed by atoms with Gasteiger partial charge in [0, 0.05) is 10.9 Å². The van der Waals surface area contributed by atoms with Crippen LogP contribution in [0.4, 0.5) is 0 Å². The van der Waals surface area contributed by atoms with Crippen LogP contribution >= 0.6 is 27.5 Å². The second-order valence-electron chi connectivity index (χ2n) is 4.84. The van der Waals surface area contributed by atoms with E-state index in [-0.39, 0.29) is 6.04 Å². The molecule has 0 saturated heterocycles. The second kappa shape index (κ2) is 5.80. The Bertz CT molecular complexity index is 626. The Morgan fingerprint density at radius 2 is 2.25 bits per heavy atom. The van der Waals surface area contributed by atoms with Gasteiger partial charge >= 0.3 is 0 Å². The molecule has 2 heterocycles. The van der Waals surface area contributed by atoms with Crippen molar-refractivity contribution in [3.8, 4) is 5.75 Å². The summed E-state index contributed by atoms with van der Waals surface area (Å²) in [6.45, 7) is 0.760. The number of benzene rings is 1. The predicted molar refractivity (Wildman–Crippen MR) is 82.6 cm³/mol. The minimum Gasteiger partial charge on any atom is -0.493 e. The maximum absolute atomic E-state index is 5.86. The highest BCUT2D eigenvalue weighted by Gasteiger charge is 2.21. The van der Waals surface area contributed by atoms with Crippen molar-refractivity contribution in [2.24, 2.45) is 0 Å². The maximum atomic E-state index is 5.86. The van der Waals surface area contributed by atoms with E-state index in [1.165, 1.54) is 11.1 Å². The number of hydrogen-bond donors (Lipinski definition) is 1. The maximum Gasteiger partial charge on any atom is 0.193 e. The summed E-state index contributed by atoms with van der Waals surface area (Å²) in [5.74, 6) is 1.86. The highest BCUT2D eigenvalue weighted by molar-refractivity contribution is 9.10. The molecule has 3 rings (SSSR count). The fourth-order valence-corrected chi connectivity index (χ4v) is 3.28. The number of likely N-dealkylation sites (N-methyl/N-ethyl adjacent to an activating group) is 1. The van der Waals surface area contributed by atoms with Crippen molar-refractivity contribution in [3.63, 3.8) is 0 Å². The van der Waals surface area contributed by atoms with Gasteiger partial charge in [0.05, 0.1) is 12.6 Å². The van der Waals surface area contributed by atoms with Crippen LogP contribution in [-0.4, -0.2) is 13.7 Å². The quantitative estimate of drug-likeness (QED) is 0.894. The summed E-state index contributed by atoms with van der Waals surface area (Å²) in [4.78, 5) is 0. The third-order valence-electron chi connectivity index (χ3n) is 3.54. The third kappa shape index (κ3) is 2.73. The van der Waals surface area contributed by atoms with Crippen LogP contribution in [0, 0.1) is 0 Å². The fraction of sp³-hybridized carbons (Fsp3) is 0.333. The zero-order chi connectivity index (χ0) is 14.1. The summed E-state index contributed by atoms with van der Waals surface area (Å²) < 4.78 is 12.4. The lowest BCUT2D eigenvalue weighted by Gasteiger charge is -2.16. The van der Waals surface area contributed by atoms with Gasteiger partial charge in [-0.2, -0.15) is 0 Å². The average molecular weight is 357 g/mol. The first-order chi connectivity index (χ1) is 9.67. The van der Waals surface area contributed by atoms with Gasteiger partial charge in [-0.25, -0.2) is 0 Å². The Balaban J connectivity index is 1.90. The smallest absolute Gasteiger partial charge is 0.193 e. The first kappa shape index (κ1) is 14.0. The van der Waals surface area contributed by atoms with Gasteiger partial charge in [-0.05, 0) is 60.5 Å². The van der Waals surface area contributed by atoms with E-state index in [2.05, 4.69) is 33.4 Å². The van der Waals surface area contributed by atoms with Gasteiger partial charge < -0.3 is 14.5 Å². The number of ether oxygens (including phenoxy) is 1. The predicted octanol–water partition coefficient (Wildman–Crippen LogP) is 4.13. The average Bonchev–Trinajstić information content (AvgIpc) is 3.04. The summed E-state index contributed by atoms with van der Waals surface area (Å²) in [5.41, 5.74) is 2.44. The highest BCUT2D eigenvalue weighted by Crippen LogP contribution is 2.35. The molecule has 20 heavy (non-hydrogen) atoms. The van der Waals surface area contributed by atoms with Gasteiger partial charge in [-0.1, -0.05) is 15.9 Å². The van der Waals surface area contributed by atoms with Crippen LogP contribution in [0.15, 0.2) is 33.2 Å². The van der Waals surface area contributed by atoms with Crippen molar-refractivity contribution in [3.05, 3.63) is 50.8 Å². The van der Waals surface area contributed by atoms with Crippen LogP contribution in [0.5, 0.6) is 5.75 Å². The van der Waals surface area contributed by atoms with Gasteiger partial charge in [-0.3, -0.25) is 0 Å². The Kier molecular flexibility index (Phi) is 4.06. The van der Waals surface area contributed by atoms with E-state index in [4.69, 9.17) is 20.8 Å². The van der Waals surface area contributed by atoms with E-state index in [0.29, 0.717) is 5.22 Å². The summed E-state index contributed by atoms with van der Waals surface area (Å²) in [6.07, 6.45) is 1.76. The van der Waals surface area contributed by atoms with Crippen LogP contribution in [0.2, 0.25) is 5.22 Å². The van der Waals surface area contributed by atoms with Crippen LogP contribution in [-0.2, 0) is 12.8 Å². The van der Waals surface area contributed by atoms with Crippen LogP contribution in [0.3, 0.4) is 0 Å². The number of halogens is 2. The minimum absolute atomic E-state index is 0.0742. The van der Waals surface area contributed by atoms with Crippen LogP contribution < -0.4 is 10.1 Å². The molecule has 1 aliphatic rings. The molecule has 3 nitrogen and oxygen atoms in total. The van der Waals surface area contributed by atoms with Crippen LogP contribution in [0.1, 0.15) is 22.9 Å². The topological polar surface area (TPSA) is 34.4 Å². The molecule has 0 spiro atoms. The standard InChI is InChI=1S/C15H15BrClNO2/c1-18-12(13-2-3-14(17)20-13)8-10-7-11(16)6-9-4-5-19-15(9)10/h2-3,6-7,12,18H,4-5,8H2,1H3. The minimum atomic E-state index is 0.0742. The molecule has 0 bridgehead atoms. The van der Waals surface area contributed by atoms with E-state index in [1.807, 2.05) is 13.1 Å². The van der Waals surface area contributed by atoms with Crippen molar-refractivity contribution in [1.82, 2.24) is 5.32 Å². The molecule has 0 amide bonds. The number of rotatable bonds is 4. The van der Waals surface area contributed by atoms with Crippen molar-refractivity contribution in [2.75, 3.05) is 13.7 Å². The van der Waals surface area contributed by atoms with Gasteiger partial charge in [0.2, 0.25) is 0 Å². The van der Waals surface area contributed by atoms with E-state index in [1.54, 1.807) is 6.07 Å². The molecular formula is C15H15BrClNO2. The largest absolute Gasteiger partial charge is 0.493 e. The molecule has 0 saturated carbocycles. The molecule has 1 unspecified atom stereocenters. The lowest BCUT2D eigenvalue weighted by molar-refractivity contribution is 0.350. The first-order valence-electron chi connectivity index (χ1n) is 6.54. The third-order valence-corrected chi connectivity index (χ3v) is 4.20. The van der Waals surface area contributed by atoms with E-state index in [0.717, 1.165) is 35.4 Å². The monoisotopic (exact) mass is 355 g/mol. The van der Waals surface area contributed by atoms with Gasteiger partial charge in [0.25, 0.3) is 0 Å². The van der Waals surface area contributed by atoms with Gasteiger partial charge in [0.15, 0.2) is 5.22 Å². The molecule has 1 aromatic heterocycles. The molecule has 1 aliphatic heterocycles. The number of furan rings is 1. The van der Waals surface area contributed by atoms with E-state index < -0.39 is 0 Å². The Labute approximate surface area is 131 Å². The molecule has 1 N–H and O–H groups in total. The summed E-state index contributed by atoms with van der Waals surface area (Å²) in [5, 5.41) is 3.68. The van der Waals surface area contributed by atoms with Crippen molar-refractivity contribution < 1.29 is 9.15 Å². The molecule has 5 heteroatoms. The van der Waals surface area contributed by atoms with E-state index >= 15 is 0 Å². The molecule has 0 radical (unpaired) electrons. The SMILES string of the molecule is CNC(Cc1cc(Br)cc2c1OCC2)c1ccc(Cl)o1. The summed E-state index contributed by atoms with van der Waals surface area (Å²) >= 11 is 9.42. The first-order valence-corrected chi connectivity index (χ1v) is 7.71. The molecule has 106 valence electrons. The number of nitrogens with one attached hydrogen (secondary N) is 1. The van der Waals surface area contributed by atoms with Gasteiger partial charge in [-0.15, -0.1) is 0 Å². The van der Waals surface area contributed by atoms with Crippen molar-refractivity contribution >= 4 is 27.5 Å². The Morgan fingerprint density at radius 3 is 2.95 bits per heavy atom. The molecule has 1 aromatic carbocycles. The Hall–Kier alpha value is -0.970. The Morgan fingerprint density at radius 1 is 1.40 bits per heavy atom. The van der Waals surface area contributed by atoms with Crippen LogP contribution in [0.25, 0.3) is 0 Å². The molecule has 2 aromatic rings. The lowest BCUT2D eigenvalue weighted by Crippen LogP contribution is -2.18. The number of fused-ring (bicyclic) bond motifs is 1. The fourth-order valence-electron chi connectivity index (χ4n) is 2.58. The zero-order valence-electron chi connectivity index (χ0n) is 11.1. The second-order valence-corrected chi connectivity index (χ2v) is 6.13. The van der Waals surface area contributed by atoms with Crippen molar-refractivity contribution in [2.45, 2.75) is 18.9 Å². The molecule has 1 atom stereocenters. The van der Waals surface area contributed by atoms with E-state index in [9.17, 15) is 0 Å². The molecular weight excluding hydrogens is 342 g/mol. The highest BCUT2D eigenvalue weighted by atomic mass is 79.9. The zero-order valence-corrected chi connectivity index (χ0v) is 13.4. The van der Waals surface area contributed by atoms with Gasteiger partial charge in [0.1, 0.15) is 11.5 Å². The summed E-state index contributed by atoms with van der Waals surface area (Å²) in [7, 11) is 1.92. The number of hydrogen-bond acceptors (Lipinski definition) is 3. The summed E-state index contributed by atoms with van der Waals surface area (Å²) in [6, 6.07) is 7.99. The normalized spacial score (nSPS) is 14.9.